The molecule has 0 aromatic rings. The molecule has 3 fully saturated rings. The van der Waals surface area contributed by atoms with E-state index in [4.69, 9.17) is 4.74 Å². The van der Waals surface area contributed by atoms with Crippen LogP contribution in [0.5, 0.6) is 0 Å². The van der Waals surface area contributed by atoms with Crippen LogP contribution in [0, 0.1) is 16.2 Å². The molecule has 0 spiro atoms. The first-order chi connectivity index (χ1) is 6.03. The van der Waals surface area contributed by atoms with Gasteiger partial charge in [0.05, 0.1) is 7.11 Å². The van der Waals surface area contributed by atoms with E-state index >= 15 is 0 Å². The maximum atomic E-state index is 11.5. The van der Waals surface area contributed by atoms with Crippen LogP contribution in [0.15, 0.2) is 0 Å². The first kappa shape index (κ1) is 7.80. The highest BCUT2D eigenvalue weighted by atomic mass is 16.5. The van der Waals surface area contributed by atoms with E-state index in [2.05, 4.69) is 19.2 Å². The molecule has 1 saturated heterocycles. The van der Waals surface area contributed by atoms with E-state index in [-0.39, 0.29) is 17.4 Å². The van der Waals surface area contributed by atoms with Crippen molar-refractivity contribution in [2.75, 3.05) is 13.7 Å². The third-order valence-corrected chi connectivity index (χ3v) is 5.10. The van der Waals surface area contributed by atoms with Crippen molar-refractivity contribution in [2.24, 2.45) is 16.2 Å². The van der Waals surface area contributed by atoms with Gasteiger partial charge in [0.2, 0.25) is 0 Å². The molecule has 3 nitrogen and oxygen atoms in total. The van der Waals surface area contributed by atoms with E-state index in [1.807, 2.05) is 0 Å². The van der Waals surface area contributed by atoms with Gasteiger partial charge in [-0.05, 0) is 17.3 Å². The molecule has 2 saturated carbocycles. The second-order valence-electron chi connectivity index (χ2n) is 5.19. The predicted octanol–water partition coefficient (Wildman–Crippen LogP) is 0.547. The molecule has 2 aliphatic carbocycles. The van der Waals surface area contributed by atoms with Crippen molar-refractivity contribution in [1.29, 1.82) is 0 Å². The van der Waals surface area contributed by atoms with Gasteiger partial charge >= 0.3 is 5.97 Å². The number of carbonyl (C=O) groups excluding carboxylic acids is 1. The Kier molecular flexibility index (Phi) is 0.991. The van der Waals surface area contributed by atoms with E-state index in [1.165, 1.54) is 13.5 Å². The van der Waals surface area contributed by atoms with E-state index in [9.17, 15) is 4.79 Å². The first-order valence-corrected chi connectivity index (χ1v) is 4.85. The summed E-state index contributed by atoms with van der Waals surface area (Å²) in [7, 11) is 1.47. The molecule has 0 radical (unpaired) electrons. The largest absolute Gasteiger partial charge is 0.468 e. The molecule has 3 heteroatoms. The molecule has 3 atom stereocenters. The summed E-state index contributed by atoms with van der Waals surface area (Å²) in [5.74, 6) is -0.0787. The highest BCUT2D eigenvalue weighted by Gasteiger charge is 3.00. The number of rotatable bonds is 1. The monoisotopic (exact) mass is 181 g/mol. The van der Waals surface area contributed by atoms with Crippen LogP contribution < -0.4 is 5.32 Å². The van der Waals surface area contributed by atoms with Crippen LogP contribution in [0.4, 0.5) is 0 Å². The fourth-order valence-corrected chi connectivity index (χ4v) is 4.00. The summed E-state index contributed by atoms with van der Waals surface area (Å²) >= 11 is 0. The lowest BCUT2D eigenvalue weighted by Gasteiger charge is -2.30. The van der Waals surface area contributed by atoms with Crippen LogP contribution in [0.25, 0.3) is 0 Å². The number of methoxy groups -OCH3 is 1. The maximum Gasteiger partial charge on any atom is 0.323 e. The normalized spacial score (nSPS) is 53.6. The SMILES string of the molecule is COC(=O)[C@H]1NCC23CC12C3(C)C. The fourth-order valence-electron chi connectivity index (χ4n) is 4.00. The average Bonchev–Trinajstić information content (AvgIpc) is 2.82. The molecule has 0 amide bonds. The molecule has 13 heavy (non-hydrogen) atoms. The van der Waals surface area contributed by atoms with E-state index < -0.39 is 0 Å². The standard InChI is InChI=1S/C10H15NO2/c1-8(2)9-4-10(8,9)6(11-5-9)7(12)13-3/h6,11H,4-5H2,1-3H3/t6-,9?,10?/m1/s1. The Morgan fingerprint density at radius 1 is 1.54 bits per heavy atom. The Morgan fingerprint density at radius 3 is 2.62 bits per heavy atom. The number of carbonyl (C=O) groups is 1. The zero-order chi connectivity index (χ0) is 9.48. The van der Waals surface area contributed by atoms with Crippen molar-refractivity contribution in [2.45, 2.75) is 26.3 Å². The Labute approximate surface area is 77.8 Å². The lowest BCUT2D eigenvalue weighted by molar-refractivity contribution is -0.144. The van der Waals surface area contributed by atoms with Crippen LogP contribution in [0.3, 0.4) is 0 Å². The fraction of sp³-hybridized carbons (Fsp3) is 0.900. The van der Waals surface area contributed by atoms with Crippen LogP contribution in [-0.4, -0.2) is 25.7 Å². The van der Waals surface area contributed by atoms with E-state index in [0.717, 1.165) is 6.54 Å². The van der Waals surface area contributed by atoms with Crippen LogP contribution in [0.1, 0.15) is 20.3 Å². The van der Waals surface area contributed by atoms with Crippen molar-refractivity contribution in [3.05, 3.63) is 0 Å². The molecular formula is C10H15NO2. The minimum absolute atomic E-state index is 0.0347. The van der Waals surface area contributed by atoms with Crippen LogP contribution in [-0.2, 0) is 9.53 Å². The van der Waals surface area contributed by atoms with Crippen molar-refractivity contribution in [3.8, 4) is 0 Å². The average molecular weight is 181 g/mol. The van der Waals surface area contributed by atoms with Gasteiger partial charge in [-0.15, -0.1) is 0 Å². The summed E-state index contributed by atoms with van der Waals surface area (Å²) in [5, 5.41) is 3.27. The van der Waals surface area contributed by atoms with Gasteiger partial charge in [-0.1, -0.05) is 13.8 Å². The van der Waals surface area contributed by atoms with Crippen molar-refractivity contribution < 1.29 is 9.53 Å². The molecule has 3 aliphatic rings. The van der Waals surface area contributed by atoms with Gasteiger partial charge in [-0.3, -0.25) is 4.79 Å². The van der Waals surface area contributed by atoms with Gasteiger partial charge in [0.1, 0.15) is 6.04 Å². The molecule has 2 unspecified atom stereocenters. The van der Waals surface area contributed by atoms with Crippen LogP contribution >= 0.6 is 0 Å². The first-order valence-electron chi connectivity index (χ1n) is 4.85. The van der Waals surface area contributed by atoms with Crippen LogP contribution in [0.2, 0.25) is 0 Å². The Balaban J connectivity index is 1.92. The van der Waals surface area contributed by atoms with Gasteiger partial charge in [0.15, 0.2) is 0 Å². The predicted molar refractivity (Wildman–Crippen MR) is 47.1 cm³/mol. The Morgan fingerprint density at radius 2 is 2.23 bits per heavy atom. The molecular weight excluding hydrogens is 166 g/mol. The quantitative estimate of drug-likeness (QED) is 0.600. The van der Waals surface area contributed by atoms with E-state index in [0.29, 0.717) is 10.8 Å². The number of nitrogens with one attached hydrogen (secondary N) is 1. The molecule has 0 aromatic carbocycles. The van der Waals surface area contributed by atoms with Gasteiger partial charge in [-0.25, -0.2) is 0 Å². The highest BCUT2D eigenvalue weighted by molar-refractivity contribution is 5.82. The summed E-state index contributed by atoms with van der Waals surface area (Å²) in [6, 6.07) is -0.0347. The molecule has 3 rings (SSSR count). The smallest absolute Gasteiger partial charge is 0.323 e. The lowest BCUT2D eigenvalue weighted by Crippen LogP contribution is -2.46. The van der Waals surface area contributed by atoms with Crippen molar-refractivity contribution in [1.82, 2.24) is 5.32 Å². The molecule has 0 aromatic heterocycles. The number of esters is 1. The van der Waals surface area contributed by atoms with E-state index in [1.54, 1.807) is 0 Å². The molecule has 1 heterocycles. The molecule has 0 bridgehead atoms. The van der Waals surface area contributed by atoms with Gasteiger partial charge in [0, 0.05) is 12.0 Å². The number of ether oxygens (including phenoxy) is 1. The summed E-state index contributed by atoms with van der Waals surface area (Å²) in [6.45, 7) is 5.54. The molecule has 1 aliphatic heterocycles. The third-order valence-electron chi connectivity index (χ3n) is 5.10. The molecule has 72 valence electrons. The highest BCUT2D eigenvalue weighted by Crippen LogP contribution is 2.99. The number of hydrogen-bond acceptors (Lipinski definition) is 3. The summed E-state index contributed by atoms with van der Waals surface area (Å²) in [4.78, 5) is 11.5. The zero-order valence-corrected chi connectivity index (χ0v) is 8.31. The number of hydrogen-bond donors (Lipinski definition) is 1. The van der Waals surface area contributed by atoms with Gasteiger partial charge in [-0.2, -0.15) is 0 Å². The second kappa shape index (κ2) is 1.65. The maximum absolute atomic E-state index is 11.5. The second-order valence-corrected chi connectivity index (χ2v) is 5.19. The molecule has 1 N–H and O–H groups in total. The summed E-state index contributed by atoms with van der Waals surface area (Å²) < 4.78 is 4.81. The summed E-state index contributed by atoms with van der Waals surface area (Å²) in [6.07, 6.45) is 1.22. The third kappa shape index (κ3) is 0.471. The van der Waals surface area contributed by atoms with Crippen molar-refractivity contribution in [3.63, 3.8) is 0 Å². The van der Waals surface area contributed by atoms with Gasteiger partial charge in [0.25, 0.3) is 0 Å². The zero-order valence-electron chi connectivity index (χ0n) is 8.31. The van der Waals surface area contributed by atoms with Gasteiger partial charge < -0.3 is 10.1 Å². The summed E-state index contributed by atoms with van der Waals surface area (Å²) in [5.41, 5.74) is 1.07. The minimum Gasteiger partial charge on any atom is -0.468 e. The number of piperidine rings is 2. The van der Waals surface area contributed by atoms with Crippen molar-refractivity contribution >= 4 is 5.97 Å². The Bertz CT molecular complexity index is 312. The lowest BCUT2D eigenvalue weighted by atomic mass is 9.82. The topological polar surface area (TPSA) is 38.3 Å². The Hall–Kier alpha value is -0.570. The minimum atomic E-state index is -0.0787.